The highest BCUT2D eigenvalue weighted by atomic mass is 35.5. The van der Waals surface area contributed by atoms with Crippen LogP contribution >= 0.6 is 11.6 Å². The highest BCUT2D eigenvalue weighted by molar-refractivity contribution is 6.28. The van der Waals surface area contributed by atoms with Gasteiger partial charge in [0.2, 0.25) is 5.28 Å². The second-order valence-electron chi connectivity index (χ2n) is 2.67. The molecule has 0 bridgehead atoms. The molecule has 0 atom stereocenters. The molecule has 1 rings (SSSR count). The van der Waals surface area contributed by atoms with Gasteiger partial charge in [0.25, 0.3) is 0 Å². The van der Waals surface area contributed by atoms with Crippen molar-refractivity contribution >= 4 is 11.6 Å². The van der Waals surface area contributed by atoms with Crippen LogP contribution in [0.3, 0.4) is 0 Å². The number of methoxy groups -OCH3 is 1. The van der Waals surface area contributed by atoms with Gasteiger partial charge in [-0.2, -0.15) is 4.98 Å². The Morgan fingerprint density at radius 3 is 2.55 bits per heavy atom. The first kappa shape index (κ1) is 8.49. The van der Waals surface area contributed by atoms with Gasteiger partial charge in [0.15, 0.2) is 5.82 Å². The zero-order chi connectivity index (χ0) is 8.48. The van der Waals surface area contributed by atoms with E-state index in [4.69, 9.17) is 16.3 Å². The van der Waals surface area contributed by atoms with Crippen molar-refractivity contribution in [1.29, 1.82) is 0 Å². The second-order valence-corrected chi connectivity index (χ2v) is 3.01. The number of H-pyrrole nitrogens is 1. The molecule has 1 heterocycles. The van der Waals surface area contributed by atoms with Crippen molar-refractivity contribution in [3.05, 3.63) is 11.1 Å². The average Bonchev–Trinajstić information content (AvgIpc) is 2.36. The lowest BCUT2D eigenvalue weighted by Gasteiger charge is -2.18. The van der Waals surface area contributed by atoms with Gasteiger partial charge in [0.05, 0.1) is 0 Å². The minimum atomic E-state index is -0.458. The Morgan fingerprint density at radius 1 is 1.55 bits per heavy atom. The van der Waals surface area contributed by atoms with Crippen molar-refractivity contribution in [3.63, 3.8) is 0 Å². The van der Waals surface area contributed by atoms with Crippen LogP contribution in [0.1, 0.15) is 19.7 Å². The monoisotopic (exact) mass is 175 g/mol. The van der Waals surface area contributed by atoms with E-state index in [1.165, 1.54) is 0 Å². The van der Waals surface area contributed by atoms with Crippen LogP contribution in [0.5, 0.6) is 0 Å². The van der Waals surface area contributed by atoms with E-state index in [1.807, 2.05) is 13.8 Å². The molecule has 62 valence electrons. The van der Waals surface area contributed by atoms with E-state index in [2.05, 4.69) is 15.2 Å². The number of aromatic nitrogens is 3. The molecule has 11 heavy (non-hydrogen) atoms. The van der Waals surface area contributed by atoms with Crippen LogP contribution in [0.15, 0.2) is 0 Å². The predicted molar refractivity (Wildman–Crippen MR) is 41.4 cm³/mol. The van der Waals surface area contributed by atoms with Gasteiger partial charge in [-0.1, -0.05) is 0 Å². The number of nitrogens with one attached hydrogen (secondary N) is 1. The Morgan fingerprint density at radius 2 is 2.18 bits per heavy atom. The summed E-state index contributed by atoms with van der Waals surface area (Å²) in [4.78, 5) is 3.93. The molecule has 0 radical (unpaired) electrons. The van der Waals surface area contributed by atoms with Gasteiger partial charge in [-0.3, -0.25) is 5.10 Å². The van der Waals surface area contributed by atoms with Gasteiger partial charge < -0.3 is 4.74 Å². The molecule has 0 saturated carbocycles. The molecule has 1 aromatic rings. The highest BCUT2D eigenvalue weighted by Gasteiger charge is 2.23. The van der Waals surface area contributed by atoms with E-state index in [1.54, 1.807) is 7.11 Å². The van der Waals surface area contributed by atoms with E-state index in [0.29, 0.717) is 5.82 Å². The number of rotatable bonds is 2. The summed E-state index contributed by atoms with van der Waals surface area (Å²) in [5, 5.41) is 6.57. The number of halogens is 1. The van der Waals surface area contributed by atoms with Gasteiger partial charge in [-0.15, -0.1) is 5.10 Å². The summed E-state index contributed by atoms with van der Waals surface area (Å²) in [7, 11) is 1.61. The molecule has 4 nitrogen and oxygen atoms in total. The highest BCUT2D eigenvalue weighted by Crippen LogP contribution is 2.19. The Balaban J connectivity index is 2.92. The van der Waals surface area contributed by atoms with Gasteiger partial charge >= 0.3 is 0 Å². The largest absolute Gasteiger partial charge is 0.371 e. The first-order chi connectivity index (χ1) is 5.06. The van der Waals surface area contributed by atoms with Crippen LogP contribution in [0.25, 0.3) is 0 Å². The standard InChI is InChI=1S/C6H10ClN3O/c1-6(2,11-3)4-8-5(7)10-9-4/h1-3H3,(H,8,9,10). The summed E-state index contributed by atoms with van der Waals surface area (Å²) in [6, 6.07) is 0. The van der Waals surface area contributed by atoms with E-state index < -0.39 is 5.60 Å². The third kappa shape index (κ3) is 1.70. The predicted octanol–water partition coefficient (Wildman–Crippen LogP) is 1.34. The van der Waals surface area contributed by atoms with Crippen molar-refractivity contribution in [3.8, 4) is 0 Å². The quantitative estimate of drug-likeness (QED) is 0.738. The zero-order valence-electron chi connectivity index (χ0n) is 6.68. The molecule has 0 aromatic carbocycles. The maximum Gasteiger partial charge on any atom is 0.242 e. The number of hydrogen-bond donors (Lipinski definition) is 1. The summed E-state index contributed by atoms with van der Waals surface area (Å²) < 4.78 is 5.14. The summed E-state index contributed by atoms with van der Waals surface area (Å²) in [5.41, 5.74) is -0.458. The van der Waals surface area contributed by atoms with Crippen molar-refractivity contribution in [2.24, 2.45) is 0 Å². The van der Waals surface area contributed by atoms with E-state index in [0.717, 1.165) is 0 Å². The molecule has 1 N–H and O–H groups in total. The maximum atomic E-state index is 5.51. The summed E-state index contributed by atoms with van der Waals surface area (Å²) in [6.07, 6.45) is 0. The van der Waals surface area contributed by atoms with Gasteiger partial charge in [-0.25, -0.2) is 0 Å². The minimum absolute atomic E-state index is 0.213. The maximum absolute atomic E-state index is 5.51. The van der Waals surface area contributed by atoms with Crippen LogP contribution in [0, 0.1) is 0 Å². The molecule has 0 unspecified atom stereocenters. The SMILES string of the molecule is COC(C)(C)c1nc(Cl)n[nH]1. The summed E-state index contributed by atoms with van der Waals surface area (Å²) in [6.45, 7) is 3.76. The Bertz CT molecular complexity index is 246. The Kier molecular flexibility index (Phi) is 2.15. The molecular weight excluding hydrogens is 166 g/mol. The van der Waals surface area contributed by atoms with Crippen LogP contribution in [-0.2, 0) is 10.3 Å². The fourth-order valence-corrected chi connectivity index (χ4v) is 0.734. The lowest BCUT2D eigenvalue weighted by Crippen LogP contribution is -2.21. The number of hydrogen-bond acceptors (Lipinski definition) is 3. The lowest BCUT2D eigenvalue weighted by molar-refractivity contribution is 0.0118. The Hall–Kier alpha value is -0.610. The van der Waals surface area contributed by atoms with Crippen LogP contribution < -0.4 is 0 Å². The molecule has 0 saturated heterocycles. The topological polar surface area (TPSA) is 50.8 Å². The third-order valence-corrected chi connectivity index (χ3v) is 1.71. The minimum Gasteiger partial charge on any atom is -0.371 e. The number of aromatic amines is 1. The van der Waals surface area contributed by atoms with Crippen molar-refractivity contribution in [2.75, 3.05) is 7.11 Å². The molecule has 0 amide bonds. The van der Waals surface area contributed by atoms with Gasteiger partial charge in [0.1, 0.15) is 5.60 Å². The number of ether oxygens (including phenoxy) is 1. The Labute approximate surface area is 69.9 Å². The summed E-state index contributed by atoms with van der Waals surface area (Å²) >= 11 is 5.51. The second kappa shape index (κ2) is 2.79. The van der Waals surface area contributed by atoms with Gasteiger partial charge in [0, 0.05) is 7.11 Å². The van der Waals surface area contributed by atoms with Crippen LogP contribution in [-0.4, -0.2) is 22.3 Å². The first-order valence-corrected chi connectivity index (χ1v) is 3.57. The molecule has 0 aliphatic rings. The van der Waals surface area contributed by atoms with E-state index in [9.17, 15) is 0 Å². The van der Waals surface area contributed by atoms with Crippen LogP contribution in [0.2, 0.25) is 5.28 Å². The fraction of sp³-hybridized carbons (Fsp3) is 0.667. The summed E-state index contributed by atoms with van der Waals surface area (Å²) in [5.74, 6) is 0.630. The molecule has 5 heteroatoms. The zero-order valence-corrected chi connectivity index (χ0v) is 7.44. The van der Waals surface area contributed by atoms with Crippen molar-refractivity contribution < 1.29 is 4.74 Å². The van der Waals surface area contributed by atoms with Gasteiger partial charge in [-0.05, 0) is 25.4 Å². The fourth-order valence-electron chi connectivity index (χ4n) is 0.607. The molecular formula is C6H10ClN3O. The molecule has 0 aliphatic carbocycles. The number of nitrogens with zero attached hydrogens (tertiary/aromatic N) is 2. The molecule has 0 spiro atoms. The van der Waals surface area contributed by atoms with Crippen LogP contribution in [0.4, 0.5) is 0 Å². The lowest BCUT2D eigenvalue weighted by atomic mass is 10.1. The molecule has 0 fully saturated rings. The average molecular weight is 176 g/mol. The molecule has 1 aromatic heterocycles. The van der Waals surface area contributed by atoms with E-state index in [-0.39, 0.29) is 5.28 Å². The third-order valence-electron chi connectivity index (χ3n) is 1.54. The van der Waals surface area contributed by atoms with Crippen molar-refractivity contribution in [1.82, 2.24) is 15.2 Å². The normalized spacial score (nSPS) is 12.0. The first-order valence-electron chi connectivity index (χ1n) is 3.20. The van der Waals surface area contributed by atoms with Crippen molar-refractivity contribution in [2.45, 2.75) is 19.4 Å². The van der Waals surface area contributed by atoms with E-state index >= 15 is 0 Å². The smallest absolute Gasteiger partial charge is 0.242 e. The molecule has 0 aliphatic heterocycles.